The summed E-state index contributed by atoms with van der Waals surface area (Å²) in [5.41, 5.74) is 3.54. The van der Waals surface area contributed by atoms with Gasteiger partial charge in [0, 0.05) is 18.6 Å². The molecule has 0 amide bonds. The quantitative estimate of drug-likeness (QED) is 0.895. The second-order valence-electron chi connectivity index (χ2n) is 6.06. The molecule has 2 nitrogen and oxygen atoms in total. The molecular weight excluding hydrogens is 234 g/mol. The lowest BCUT2D eigenvalue weighted by atomic mass is 10.0. The maximum atomic E-state index is 10.5. The molecule has 1 saturated heterocycles. The normalized spacial score (nSPS) is 25.7. The zero-order valence-corrected chi connectivity index (χ0v) is 12.7. The van der Waals surface area contributed by atoms with Gasteiger partial charge < -0.3 is 5.11 Å². The largest absolute Gasteiger partial charge is 0.387 e. The third kappa shape index (κ3) is 3.18. The highest BCUT2D eigenvalue weighted by Gasteiger charge is 2.30. The van der Waals surface area contributed by atoms with E-state index in [0.29, 0.717) is 12.1 Å². The van der Waals surface area contributed by atoms with Crippen molar-refractivity contribution < 1.29 is 5.11 Å². The molecule has 0 spiro atoms. The Labute approximate surface area is 117 Å². The van der Waals surface area contributed by atoms with Crippen LogP contribution in [0.4, 0.5) is 0 Å². The van der Waals surface area contributed by atoms with E-state index in [1.165, 1.54) is 30.4 Å². The van der Waals surface area contributed by atoms with Crippen molar-refractivity contribution in [2.24, 2.45) is 0 Å². The maximum Gasteiger partial charge on any atom is 0.0919 e. The van der Waals surface area contributed by atoms with Gasteiger partial charge in [0.2, 0.25) is 0 Å². The lowest BCUT2D eigenvalue weighted by Crippen LogP contribution is -2.37. The van der Waals surface area contributed by atoms with Crippen molar-refractivity contribution in [3.8, 4) is 0 Å². The van der Waals surface area contributed by atoms with Crippen LogP contribution in [0.2, 0.25) is 0 Å². The van der Waals surface area contributed by atoms with Crippen molar-refractivity contribution in [1.29, 1.82) is 0 Å². The van der Waals surface area contributed by atoms with E-state index in [1.54, 1.807) is 0 Å². The third-order valence-electron chi connectivity index (χ3n) is 4.59. The van der Waals surface area contributed by atoms with Gasteiger partial charge in [0.15, 0.2) is 0 Å². The molecule has 0 radical (unpaired) electrons. The third-order valence-corrected chi connectivity index (χ3v) is 4.59. The first kappa shape index (κ1) is 14.5. The number of hydrogen-bond donors (Lipinski definition) is 1. The average molecular weight is 261 g/mol. The highest BCUT2D eigenvalue weighted by Crippen LogP contribution is 2.29. The number of β-amino-alcohol motifs (C(OH)–C–C–N with tert-alkyl or cyclic N) is 1. The van der Waals surface area contributed by atoms with Gasteiger partial charge in [0.25, 0.3) is 0 Å². The summed E-state index contributed by atoms with van der Waals surface area (Å²) < 4.78 is 0. The van der Waals surface area contributed by atoms with Crippen molar-refractivity contribution in [2.75, 3.05) is 6.54 Å². The Balaban J connectivity index is 2.09. The van der Waals surface area contributed by atoms with Crippen molar-refractivity contribution in [3.05, 3.63) is 34.9 Å². The van der Waals surface area contributed by atoms with Gasteiger partial charge in [0.05, 0.1) is 6.10 Å². The molecule has 3 atom stereocenters. The predicted molar refractivity (Wildman–Crippen MR) is 80.4 cm³/mol. The minimum absolute atomic E-state index is 0.366. The van der Waals surface area contributed by atoms with Crippen LogP contribution in [0.15, 0.2) is 18.2 Å². The Bertz CT molecular complexity index is 429. The van der Waals surface area contributed by atoms with Crippen molar-refractivity contribution in [2.45, 2.75) is 65.1 Å². The van der Waals surface area contributed by atoms with Crippen LogP contribution in [0.5, 0.6) is 0 Å². The van der Waals surface area contributed by atoms with E-state index in [2.05, 4.69) is 50.8 Å². The number of aliphatic hydroxyl groups excluding tert-OH is 1. The minimum Gasteiger partial charge on any atom is -0.387 e. The van der Waals surface area contributed by atoms with Crippen LogP contribution in [0.25, 0.3) is 0 Å². The fourth-order valence-corrected chi connectivity index (χ4v) is 3.39. The SMILES string of the molecule is CCC1CCC(C)N1CC(O)c1ccc(C)cc1C. The molecule has 0 saturated carbocycles. The van der Waals surface area contributed by atoms with Crippen LogP contribution in [-0.4, -0.2) is 28.6 Å². The molecule has 1 heterocycles. The summed E-state index contributed by atoms with van der Waals surface area (Å²) in [6.45, 7) is 9.49. The Hall–Kier alpha value is -0.860. The van der Waals surface area contributed by atoms with Crippen molar-refractivity contribution in [3.63, 3.8) is 0 Å². The summed E-state index contributed by atoms with van der Waals surface area (Å²) in [5, 5.41) is 10.5. The molecule has 1 aliphatic heterocycles. The van der Waals surface area contributed by atoms with E-state index >= 15 is 0 Å². The molecule has 0 bridgehead atoms. The van der Waals surface area contributed by atoms with Crippen LogP contribution in [-0.2, 0) is 0 Å². The summed E-state index contributed by atoms with van der Waals surface area (Å²) in [5.74, 6) is 0. The van der Waals surface area contributed by atoms with Crippen LogP contribution in [0, 0.1) is 13.8 Å². The minimum atomic E-state index is -0.366. The summed E-state index contributed by atoms with van der Waals surface area (Å²) in [6, 6.07) is 7.58. The Morgan fingerprint density at radius 2 is 2.05 bits per heavy atom. The summed E-state index contributed by atoms with van der Waals surface area (Å²) in [6.07, 6.45) is 3.36. The highest BCUT2D eigenvalue weighted by atomic mass is 16.3. The smallest absolute Gasteiger partial charge is 0.0919 e. The van der Waals surface area contributed by atoms with Crippen LogP contribution < -0.4 is 0 Å². The van der Waals surface area contributed by atoms with E-state index in [9.17, 15) is 5.11 Å². The molecule has 1 aliphatic rings. The molecule has 0 aliphatic carbocycles. The molecule has 1 N–H and O–H groups in total. The predicted octanol–water partition coefficient (Wildman–Crippen LogP) is 3.60. The summed E-state index contributed by atoms with van der Waals surface area (Å²) in [4.78, 5) is 2.49. The number of nitrogens with zero attached hydrogens (tertiary/aromatic N) is 1. The second kappa shape index (κ2) is 6.06. The number of hydrogen-bond acceptors (Lipinski definition) is 2. The van der Waals surface area contributed by atoms with Gasteiger partial charge in [-0.3, -0.25) is 4.90 Å². The van der Waals surface area contributed by atoms with Crippen LogP contribution in [0.1, 0.15) is 55.9 Å². The topological polar surface area (TPSA) is 23.5 Å². The van der Waals surface area contributed by atoms with Crippen LogP contribution >= 0.6 is 0 Å². The van der Waals surface area contributed by atoms with E-state index in [1.807, 2.05) is 0 Å². The molecule has 3 unspecified atom stereocenters. The fraction of sp³-hybridized carbons (Fsp3) is 0.647. The number of benzene rings is 1. The van der Waals surface area contributed by atoms with Crippen LogP contribution in [0.3, 0.4) is 0 Å². The molecular formula is C17H27NO. The van der Waals surface area contributed by atoms with Gasteiger partial charge in [-0.25, -0.2) is 0 Å². The standard InChI is InChI=1S/C17H27NO/c1-5-15-8-7-14(4)18(15)11-17(19)16-9-6-12(2)10-13(16)3/h6,9-10,14-15,17,19H,5,7-8,11H2,1-4H3. The zero-order valence-electron chi connectivity index (χ0n) is 12.7. The lowest BCUT2D eigenvalue weighted by molar-refractivity contribution is 0.0856. The van der Waals surface area contributed by atoms with E-state index < -0.39 is 0 Å². The first-order valence-corrected chi connectivity index (χ1v) is 7.53. The van der Waals surface area contributed by atoms with Gasteiger partial charge in [-0.15, -0.1) is 0 Å². The molecule has 2 rings (SSSR count). The van der Waals surface area contributed by atoms with E-state index in [0.717, 1.165) is 12.1 Å². The first-order valence-electron chi connectivity index (χ1n) is 7.53. The van der Waals surface area contributed by atoms with E-state index in [-0.39, 0.29) is 6.10 Å². The van der Waals surface area contributed by atoms with Gasteiger partial charge in [-0.05, 0) is 51.2 Å². The lowest BCUT2D eigenvalue weighted by Gasteiger charge is -2.30. The monoisotopic (exact) mass is 261 g/mol. The molecule has 1 aromatic rings. The highest BCUT2D eigenvalue weighted by molar-refractivity contribution is 5.32. The molecule has 0 aromatic heterocycles. The number of rotatable bonds is 4. The van der Waals surface area contributed by atoms with Gasteiger partial charge in [0.1, 0.15) is 0 Å². The summed E-state index contributed by atoms with van der Waals surface area (Å²) >= 11 is 0. The number of likely N-dealkylation sites (tertiary alicyclic amines) is 1. The van der Waals surface area contributed by atoms with Gasteiger partial charge in [-0.2, -0.15) is 0 Å². The summed E-state index contributed by atoms with van der Waals surface area (Å²) in [7, 11) is 0. The number of aryl methyl sites for hydroxylation is 2. The molecule has 1 aromatic carbocycles. The molecule has 106 valence electrons. The average Bonchev–Trinajstić information content (AvgIpc) is 2.70. The zero-order chi connectivity index (χ0) is 14.0. The fourth-order valence-electron chi connectivity index (χ4n) is 3.39. The second-order valence-corrected chi connectivity index (χ2v) is 6.06. The Kier molecular flexibility index (Phi) is 4.64. The van der Waals surface area contributed by atoms with Crippen molar-refractivity contribution in [1.82, 2.24) is 4.90 Å². The maximum absolute atomic E-state index is 10.5. The van der Waals surface area contributed by atoms with E-state index in [4.69, 9.17) is 0 Å². The number of aliphatic hydroxyl groups is 1. The van der Waals surface area contributed by atoms with Crippen molar-refractivity contribution >= 4 is 0 Å². The van der Waals surface area contributed by atoms with Gasteiger partial charge in [-0.1, -0.05) is 30.7 Å². The Morgan fingerprint density at radius 3 is 2.68 bits per heavy atom. The first-order chi connectivity index (χ1) is 9.02. The Morgan fingerprint density at radius 1 is 1.32 bits per heavy atom. The molecule has 1 fully saturated rings. The molecule has 2 heteroatoms. The molecule has 19 heavy (non-hydrogen) atoms. The van der Waals surface area contributed by atoms with Gasteiger partial charge >= 0.3 is 0 Å².